The average molecular weight is 659 g/mol. The molecule has 4 aromatic carbocycles. The molecule has 3 atom stereocenters. The first kappa shape index (κ1) is 33.8. The first-order valence-electron chi connectivity index (χ1n) is 17.6. The van der Waals surface area contributed by atoms with Crippen molar-refractivity contribution in [1.29, 1.82) is 0 Å². The molecule has 49 heavy (non-hydrogen) atoms. The van der Waals surface area contributed by atoms with Crippen LogP contribution < -0.4 is 25.6 Å². The molecular weight excluding hydrogens is 612 g/mol. The lowest BCUT2D eigenvalue weighted by atomic mass is 9.73. The van der Waals surface area contributed by atoms with Crippen molar-refractivity contribution in [2.24, 2.45) is 23.5 Å². The average Bonchev–Trinajstić information content (AvgIpc) is 3.20. The fourth-order valence-corrected chi connectivity index (χ4v) is 7.01. The molecule has 3 N–H and O–H groups in total. The maximum Gasteiger partial charge on any atom is 0.251 e. The van der Waals surface area contributed by atoms with E-state index in [2.05, 4.69) is 17.1 Å². The Labute approximate surface area is 289 Å². The molecule has 0 bridgehead atoms. The van der Waals surface area contributed by atoms with Gasteiger partial charge in [0.1, 0.15) is 17.5 Å². The van der Waals surface area contributed by atoms with Gasteiger partial charge in [-0.15, -0.1) is 0 Å². The van der Waals surface area contributed by atoms with Crippen molar-refractivity contribution in [2.45, 2.75) is 64.5 Å². The number of ether oxygens (including phenoxy) is 1. The second-order valence-corrected chi connectivity index (χ2v) is 13.3. The largest absolute Gasteiger partial charge is 0.457 e. The van der Waals surface area contributed by atoms with Crippen LogP contribution in [0, 0.1) is 17.8 Å². The minimum atomic E-state index is -0.882. The fourth-order valence-electron chi connectivity index (χ4n) is 7.01. The van der Waals surface area contributed by atoms with Crippen molar-refractivity contribution < 1.29 is 19.1 Å². The number of carbonyl (C=O) groups excluding carboxylic acids is 3. The van der Waals surface area contributed by atoms with Gasteiger partial charge in [-0.2, -0.15) is 0 Å². The highest BCUT2D eigenvalue weighted by atomic mass is 16.5. The first-order valence-corrected chi connectivity index (χ1v) is 17.6. The normalized spacial score (nSPS) is 17.3. The number of hydrogen-bond donors (Lipinski definition) is 2. The molecular formula is C41H46N4O4. The van der Waals surface area contributed by atoms with E-state index in [0.29, 0.717) is 24.5 Å². The van der Waals surface area contributed by atoms with Crippen LogP contribution in [0.5, 0.6) is 11.5 Å². The van der Waals surface area contributed by atoms with Gasteiger partial charge >= 0.3 is 0 Å². The van der Waals surface area contributed by atoms with Crippen molar-refractivity contribution in [1.82, 2.24) is 5.32 Å². The molecule has 1 saturated carbocycles. The molecule has 0 spiro atoms. The molecule has 1 unspecified atom stereocenters. The predicted molar refractivity (Wildman–Crippen MR) is 194 cm³/mol. The van der Waals surface area contributed by atoms with Crippen molar-refractivity contribution >= 4 is 34.8 Å². The number of rotatable bonds is 14. The van der Waals surface area contributed by atoms with Gasteiger partial charge in [0.25, 0.3) is 5.91 Å². The number of nitrogens with two attached hydrogens (primary N) is 1. The van der Waals surface area contributed by atoms with Crippen LogP contribution in [0.3, 0.4) is 0 Å². The Bertz CT molecular complexity index is 1730. The van der Waals surface area contributed by atoms with Crippen LogP contribution in [0.4, 0.5) is 17.1 Å². The minimum absolute atomic E-state index is 0.222. The summed E-state index contributed by atoms with van der Waals surface area (Å²) in [5.41, 5.74) is 9.34. The number of unbranched alkanes of at least 4 members (excludes halogenated alkanes) is 1. The van der Waals surface area contributed by atoms with Gasteiger partial charge in [0.05, 0.1) is 24.5 Å². The van der Waals surface area contributed by atoms with Gasteiger partial charge < -0.3 is 25.6 Å². The summed E-state index contributed by atoms with van der Waals surface area (Å²) in [6.07, 6.45) is 6.09. The summed E-state index contributed by atoms with van der Waals surface area (Å²) in [5.74, 6) is -0.332. The summed E-state index contributed by atoms with van der Waals surface area (Å²) in [4.78, 5) is 45.7. The second-order valence-electron chi connectivity index (χ2n) is 13.3. The summed E-state index contributed by atoms with van der Waals surface area (Å²) >= 11 is 0. The zero-order valence-corrected chi connectivity index (χ0v) is 28.2. The highest BCUT2D eigenvalue weighted by Gasteiger charge is 2.40. The maximum absolute atomic E-state index is 14.8. The van der Waals surface area contributed by atoms with Crippen LogP contribution in [-0.2, 0) is 20.9 Å². The lowest BCUT2D eigenvalue weighted by Crippen LogP contribution is -2.54. The Balaban J connectivity index is 1.34. The third-order valence-electron chi connectivity index (χ3n) is 9.86. The van der Waals surface area contributed by atoms with Crippen molar-refractivity contribution in [3.05, 3.63) is 115 Å². The number of carbonyl (C=O) groups is 3. The van der Waals surface area contributed by atoms with Gasteiger partial charge in [0, 0.05) is 17.5 Å². The molecule has 8 heteroatoms. The van der Waals surface area contributed by atoms with E-state index in [4.69, 9.17) is 10.5 Å². The third kappa shape index (κ3) is 8.13. The quantitative estimate of drug-likeness (QED) is 0.144. The lowest BCUT2D eigenvalue weighted by Gasteiger charge is -2.34. The molecule has 6 rings (SSSR count). The van der Waals surface area contributed by atoms with E-state index < -0.39 is 23.8 Å². The molecule has 0 saturated heterocycles. The number of primary amides is 1. The molecule has 0 radical (unpaired) electrons. The number of para-hydroxylation sites is 4. The van der Waals surface area contributed by atoms with Crippen molar-refractivity contribution in [3.63, 3.8) is 0 Å². The molecule has 1 fully saturated rings. The van der Waals surface area contributed by atoms with Crippen LogP contribution in [0.25, 0.3) is 0 Å². The van der Waals surface area contributed by atoms with Crippen LogP contribution in [0.15, 0.2) is 109 Å². The molecule has 254 valence electrons. The van der Waals surface area contributed by atoms with E-state index >= 15 is 0 Å². The summed E-state index contributed by atoms with van der Waals surface area (Å²) in [6, 6.07) is 34.2. The third-order valence-corrected chi connectivity index (χ3v) is 9.86. The second kappa shape index (κ2) is 15.9. The number of benzene rings is 4. The SMILES string of the molecule is CCCC[C@H](C(N)=O)[C@@H](CC1CCC1)C(=O)NC1CN(c2ccccc2)c2ccccc2N(Cc2cccc(Oc3ccccc3)c2)C1=O. The van der Waals surface area contributed by atoms with Gasteiger partial charge in [0.2, 0.25) is 11.8 Å². The van der Waals surface area contributed by atoms with Gasteiger partial charge in [-0.3, -0.25) is 14.4 Å². The number of nitrogens with zero attached hydrogens (tertiary/aromatic N) is 2. The highest BCUT2D eigenvalue weighted by molar-refractivity contribution is 6.04. The zero-order valence-electron chi connectivity index (χ0n) is 28.2. The standard InChI is InChI=1S/C41H46N4O4/c1-2-3-22-34(39(42)46)35(26-29-14-12-15-29)40(47)43-36-28-44(31-17-6-4-7-18-31)37-23-10-11-24-38(37)45(41(36)48)27-30-16-13-21-33(25-30)49-32-19-8-5-9-20-32/h4-11,13,16-21,23-25,29,34-36H,2-3,12,14-15,22,26-28H2,1H3,(H2,42,46)(H,43,47)/t34-,35+,36?/m0/s1. The monoisotopic (exact) mass is 658 g/mol. The topological polar surface area (TPSA) is 105 Å². The Hall–Kier alpha value is -5.11. The number of nitrogens with one attached hydrogen (secondary N) is 1. The Kier molecular flexibility index (Phi) is 10.9. The summed E-state index contributed by atoms with van der Waals surface area (Å²) in [6.45, 7) is 2.56. The summed E-state index contributed by atoms with van der Waals surface area (Å²) in [5, 5.41) is 3.16. The Morgan fingerprint density at radius 3 is 2.20 bits per heavy atom. The Morgan fingerprint density at radius 2 is 1.53 bits per heavy atom. The molecule has 1 heterocycles. The van der Waals surface area contributed by atoms with E-state index in [1.165, 1.54) is 0 Å². The predicted octanol–water partition coefficient (Wildman–Crippen LogP) is 7.75. The van der Waals surface area contributed by atoms with E-state index in [1.807, 2.05) is 109 Å². The number of anilines is 3. The van der Waals surface area contributed by atoms with Crippen molar-refractivity contribution in [3.8, 4) is 11.5 Å². The van der Waals surface area contributed by atoms with Gasteiger partial charge in [-0.25, -0.2) is 0 Å². The molecule has 1 aliphatic carbocycles. The number of amides is 3. The van der Waals surface area contributed by atoms with Gasteiger partial charge in [-0.1, -0.05) is 99.7 Å². The van der Waals surface area contributed by atoms with E-state index in [1.54, 1.807) is 4.90 Å². The van der Waals surface area contributed by atoms with Crippen LogP contribution >= 0.6 is 0 Å². The molecule has 1 aliphatic heterocycles. The highest BCUT2D eigenvalue weighted by Crippen LogP contribution is 2.39. The molecule has 8 nitrogen and oxygen atoms in total. The fraction of sp³-hybridized carbons (Fsp3) is 0.341. The van der Waals surface area contributed by atoms with Crippen LogP contribution in [0.1, 0.15) is 57.4 Å². The van der Waals surface area contributed by atoms with E-state index in [-0.39, 0.29) is 24.9 Å². The number of fused-ring (bicyclic) bond motifs is 1. The van der Waals surface area contributed by atoms with Crippen LogP contribution in [-0.4, -0.2) is 30.3 Å². The molecule has 2 aliphatic rings. The van der Waals surface area contributed by atoms with Crippen molar-refractivity contribution in [2.75, 3.05) is 16.3 Å². The Morgan fingerprint density at radius 1 is 0.857 bits per heavy atom. The lowest BCUT2D eigenvalue weighted by molar-refractivity contribution is -0.136. The first-order chi connectivity index (χ1) is 23.9. The van der Waals surface area contributed by atoms with Crippen LogP contribution in [0.2, 0.25) is 0 Å². The maximum atomic E-state index is 14.8. The minimum Gasteiger partial charge on any atom is -0.457 e. The smallest absolute Gasteiger partial charge is 0.251 e. The van der Waals surface area contributed by atoms with Gasteiger partial charge in [0.15, 0.2) is 0 Å². The molecule has 0 aromatic heterocycles. The van der Waals surface area contributed by atoms with Gasteiger partial charge in [-0.05, 0) is 72.9 Å². The van der Waals surface area contributed by atoms with E-state index in [9.17, 15) is 14.4 Å². The van der Waals surface area contributed by atoms with E-state index in [0.717, 1.165) is 60.5 Å². The number of hydrogen-bond acceptors (Lipinski definition) is 5. The zero-order chi connectivity index (χ0) is 34.2. The molecule has 3 amide bonds. The molecule has 4 aromatic rings. The summed E-state index contributed by atoms with van der Waals surface area (Å²) < 4.78 is 6.11. The summed E-state index contributed by atoms with van der Waals surface area (Å²) in [7, 11) is 0.